The summed E-state index contributed by atoms with van der Waals surface area (Å²) in [4.78, 5) is 10.3. The summed E-state index contributed by atoms with van der Waals surface area (Å²) in [5.74, 6) is 1.77. The van der Waals surface area contributed by atoms with Crippen molar-refractivity contribution in [3.63, 3.8) is 0 Å². The van der Waals surface area contributed by atoms with Crippen LogP contribution in [0.1, 0.15) is 0 Å². The van der Waals surface area contributed by atoms with E-state index in [1.54, 1.807) is 0 Å². The molecule has 0 aromatic carbocycles. The van der Waals surface area contributed by atoms with E-state index in [1.807, 2.05) is 0 Å². The highest BCUT2D eigenvalue weighted by Crippen LogP contribution is 1.79. The molecule has 0 fully saturated rings. The number of hydrogen-bond donors (Lipinski definition) is 0. The van der Waals surface area contributed by atoms with Crippen LogP contribution in [0.4, 0.5) is 0 Å². The van der Waals surface area contributed by atoms with Crippen LogP contribution < -0.4 is 0 Å². The third kappa shape index (κ3) is 4.72. The lowest BCUT2D eigenvalue weighted by molar-refractivity contribution is -0.134. The first-order valence-electron chi connectivity index (χ1n) is 2.61. The van der Waals surface area contributed by atoms with Gasteiger partial charge in [0.15, 0.2) is 0 Å². The van der Waals surface area contributed by atoms with Gasteiger partial charge in [-0.2, -0.15) is 0 Å². The first-order valence-corrected chi connectivity index (χ1v) is 2.61. The van der Waals surface area contributed by atoms with Gasteiger partial charge in [0.2, 0.25) is 0 Å². The number of rotatable bonds is 3. The average Bonchev–Trinajstić information content (AvgIpc) is 1.98. The van der Waals surface area contributed by atoms with Crippen molar-refractivity contribution < 1.29 is 14.3 Å². The van der Waals surface area contributed by atoms with Crippen molar-refractivity contribution in [2.75, 3.05) is 13.7 Å². The molecule has 0 aromatic rings. The van der Waals surface area contributed by atoms with Crippen molar-refractivity contribution in [1.82, 2.24) is 0 Å². The maximum atomic E-state index is 10.3. The van der Waals surface area contributed by atoms with Gasteiger partial charge in [0.25, 0.3) is 0 Å². The summed E-state index contributed by atoms with van der Waals surface area (Å²) in [5.41, 5.74) is 0. The minimum Gasteiger partial charge on any atom is -0.488 e. The zero-order chi connectivity index (χ0) is 7.82. The standard InChI is InChI=1S/C7H8O3/c1-3-5-10-6-4-7(8)9-2/h1,4,6H,5H2,2H3/b6-4-. The van der Waals surface area contributed by atoms with Gasteiger partial charge in [-0.15, -0.1) is 6.42 Å². The monoisotopic (exact) mass is 140 g/mol. The van der Waals surface area contributed by atoms with Crippen molar-refractivity contribution in [1.29, 1.82) is 0 Å². The highest BCUT2D eigenvalue weighted by molar-refractivity contribution is 5.81. The van der Waals surface area contributed by atoms with Crippen molar-refractivity contribution in [2.24, 2.45) is 0 Å². The summed E-state index contributed by atoms with van der Waals surface area (Å²) in [5, 5.41) is 0. The number of terminal acetylenes is 1. The quantitative estimate of drug-likeness (QED) is 0.186. The summed E-state index contributed by atoms with van der Waals surface area (Å²) in [7, 11) is 1.29. The number of carbonyl (C=O) groups is 1. The van der Waals surface area contributed by atoms with E-state index in [9.17, 15) is 4.79 Å². The van der Waals surface area contributed by atoms with E-state index in [4.69, 9.17) is 6.42 Å². The molecule has 0 N–H and O–H groups in total. The number of carbonyl (C=O) groups excluding carboxylic acids is 1. The Labute approximate surface area is 59.6 Å². The second-order valence-corrected chi connectivity index (χ2v) is 1.34. The summed E-state index contributed by atoms with van der Waals surface area (Å²) in [6.07, 6.45) is 7.20. The molecule has 0 heterocycles. The maximum absolute atomic E-state index is 10.3. The summed E-state index contributed by atoms with van der Waals surface area (Å²) >= 11 is 0. The zero-order valence-electron chi connectivity index (χ0n) is 5.66. The van der Waals surface area contributed by atoms with Gasteiger partial charge in [-0.1, -0.05) is 5.92 Å². The maximum Gasteiger partial charge on any atom is 0.333 e. The lowest BCUT2D eigenvalue weighted by Gasteiger charge is -1.90. The lowest BCUT2D eigenvalue weighted by atomic mass is 10.6. The van der Waals surface area contributed by atoms with Crippen molar-refractivity contribution >= 4 is 5.97 Å². The molecule has 0 rings (SSSR count). The first-order chi connectivity index (χ1) is 4.81. The molecular weight excluding hydrogens is 132 g/mol. The molecule has 0 saturated carbocycles. The van der Waals surface area contributed by atoms with Crippen molar-refractivity contribution in [3.05, 3.63) is 12.3 Å². The van der Waals surface area contributed by atoms with Gasteiger partial charge in [0.05, 0.1) is 19.4 Å². The number of hydrogen-bond acceptors (Lipinski definition) is 3. The normalized spacial score (nSPS) is 8.80. The molecule has 3 heteroatoms. The second kappa shape index (κ2) is 5.70. The van der Waals surface area contributed by atoms with Crippen LogP contribution in [-0.2, 0) is 14.3 Å². The molecule has 0 bridgehead atoms. The molecule has 0 aliphatic carbocycles. The number of esters is 1. The Bertz CT molecular complexity index is 164. The minimum absolute atomic E-state index is 0.160. The highest BCUT2D eigenvalue weighted by atomic mass is 16.5. The molecule has 0 atom stereocenters. The van der Waals surface area contributed by atoms with E-state index in [-0.39, 0.29) is 6.61 Å². The van der Waals surface area contributed by atoms with Gasteiger partial charge in [-0.25, -0.2) is 4.79 Å². The van der Waals surface area contributed by atoms with E-state index >= 15 is 0 Å². The molecule has 0 aliphatic heterocycles. The topological polar surface area (TPSA) is 35.5 Å². The largest absolute Gasteiger partial charge is 0.488 e. The third-order valence-corrected chi connectivity index (χ3v) is 0.668. The molecular formula is C7H8O3. The van der Waals surface area contributed by atoms with Crippen LogP contribution in [0.15, 0.2) is 12.3 Å². The first kappa shape index (κ1) is 8.57. The van der Waals surface area contributed by atoms with Crippen molar-refractivity contribution in [2.45, 2.75) is 0 Å². The minimum atomic E-state index is -0.461. The second-order valence-electron chi connectivity index (χ2n) is 1.34. The van der Waals surface area contributed by atoms with Crippen LogP contribution in [0.3, 0.4) is 0 Å². The summed E-state index contributed by atoms with van der Waals surface area (Å²) in [6, 6.07) is 0. The van der Waals surface area contributed by atoms with Crippen LogP contribution in [0.5, 0.6) is 0 Å². The van der Waals surface area contributed by atoms with Gasteiger partial charge in [-0.05, 0) is 0 Å². The van der Waals surface area contributed by atoms with Gasteiger partial charge in [-0.3, -0.25) is 0 Å². The molecule has 10 heavy (non-hydrogen) atoms. The highest BCUT2D eigenvalue weighted by Gasteiger charge is 1.87. The van der Waals surface area contributed by atoms with Gasteiger partial charge in [0, 0.05) is 0 Å². The van der Waals surface area contributed by atoms with Crippen LogP contribution in [-0.4, -0.2) is 19.7 Å². The molecule has 0 saturated heterocycles. The number of ether oxygens (including phenoxy) is 2. The predicted octanol–water partition coefficient (Wildman–Crippen LogP) is 0.323. The van der Waals surface area contributed by atoms with E-state index in [0.717, 1.165) is 6.08 Å². The third-order valence-electron chi connectivity index (χ3n) is 0.668. The number of methoxy groups -OCH3 is 1. The molecule has 0 amide bonds. The molecule has 0 spiro atoms. The summed E-state index contributed by atoms with van der Waals surface area (Å²) < 4.78 is 8.91. The van der Waals surface area contributed by atoms with Crippen LogP contribution in [0.2, 0.25) is 0 Å². The predicted molar refractivity (Wildman–Crippen MR) is 35.9 cm³/mol. The van der Waals surface area contributed by atoms with Crippen LogP contribution in [0.25, 0.3) is 0 Å². The molecule has 3 nitrogen and oxygen atoms in total. The van der Waals surface area contributed by atoms with Gasteiger partial charge < -0.3 is 9.47 Å². The van der Waals surface area contributed by atoms with Crippen LogP contribution >= 0.6 is 0 Å². The zero-order valence-corrected chi connectivity index (χ0v) is 5.66. The molecule has 0 radical (unpaired) electrons. The van der Waals surface area contributed by atoms with E-state index in [0.29, 0.717) is 0 Å². The van der Waals surface area contributed by atoms with Gasteiger partial charge in [0.1, 0.15) is 6.61 Å². The Morgan fingerprint density at radius 3 is 3.00 bits per heavy atom. The fraction of sp³-hybridized carbons (Fsp3) is 0.286. The van der Waals surface area contributed by atoms with E-state index < -0.39 is 5.97 Å². The fourth-order valence-electron chi connectivity index (χ4n) is 0.268. The smallest absolute Gasteiger partial charge is 0.333 e. The molecule has 54 valence electrons. The average molecular weight is 140 g/mol. The Hall–Kier alpha value is -1.43. The Morgan fingerprint density at radius 1 is 1.80 bits per heavy atom. The fourth-order valence-corrected chi connectivity index (χ4v) is 0.268. The lowest BCUT2D eigenvalue weighted by Crippen LogP contribution is -1.94. The Morgan fingerprint density at radius 2 is 2.50 bits per heavy atom. The van der Waals surface area contributed by atoms with Crippen LogP contribution in [0, 0.1) is 12.3 Å². The Kier molecular flexibility index (Phi) is 4.89. The van der Waals surface area contributed by atoms with Crippen molar-refractivity contribution in [3.8, 4) is 12.3 Å². The van der Waals surface area contributed by atoms with E-state index in [1.165, 1.54) is 13.4 Å². The Balaban J connectivity index is 3.38. The molecule has 0 unspecified atom stereocenters. The SMILES string of the molecule is C#CCO/C=C\C(=O)OC. The molecule has 0 aliphatic rings. The summed E-state index contributed by atoms with van der Waals surface area (Å²) in [6.45, 7) is 0.160. The van der Waals surface area contributed by atoms with E-state index in [2.05, 4.69) is 15.4 Å². The molecule has 0 aromatic heterocycles. The van der Waals surface area contributed by atoms with Gasteiger partial charge >= 0.3 is 5.97 Å².